The normalized spacial score (nSPS) is 17.8. The maximum Gasteiger partial charge on any atom is 0.331 e. The molecule has 1 fully saturated rings. The van der Waals surface area contributed by atoms with E-state index >= 15 is 0 Å². The molecule has 3 amide bonds. The van der Waals surface area contributed by atoms with Crippen LogP contribution in [0.25, 0.3) is 0 Å². The number of amides is 3. The maximum absolute atomic E-state index is 14.0. The molecule has 1 saturated heterocycles. The van der Waals surface area contributed by atoms with Crippen molar-refractivity contribution in [2.75, 3.05) is 20.6 Å². The summed E-state index contributed by atoms with van der Waals surface area (Å²) in [4.78, 5) is 72.7. The Labute approximate surface area is 299 Å². The number of ether oxygens (including phenoxy) is 1. The van der Waals surface area contributed by atoms with Gasteiger partial charge in [-0.25, -0.2) is 9.78 Å². The van der Waals surface area contributed by atoms with Crippen molar-refractivity contribution in [3.05, 3.63) is 63.6 Å². The summed E-state index contributed by atoms with van der Waals surface area (Å²) in [6.07, 6.45) is 3.99. The number of likely N-dealkylation sites (N-methyl/N-ethyl adjacent to an activating group) is 2. The number of rotatable bonds is 16. The third-order valence-electron chi connectivity index (χ3n) is 9.12. The molecule has 0 bridgehead atoms. The Kier molecular flexibility index (Phi) is 15.1. The number of piperidine rings is 1. The molecule has 0 unspecified atom stereocenters. The molecule has 0 spiro atoms. The lowest BCUT2D eigenvalue weighted by molar-refractivity contribution is -0.149. The van der Waals surface area contributed by atoms with E-state index in [2.05, 4.69) is 15.6 Å². The zero-order valence-corrected chi connectivity index (χ0v) is 31.3. The molecule has 3 rings (SSSR count). The minimum Gasteiger partial charge on any atom is -0.478 e. The predicted octanol–water partition coefficient (Wildman–Crippen LogP) is 4.62. The highest BCUT2D eigenvalue weighted by Gasteiger charge is 2.36. The largest absolute Gasteiger partial charge is 0.478 e. The van der Waals surface area contributed by atoms with Crippen LogP contribution in [0.4, 0.5) is 0 Å². The van der Waals surface area contributed by atoms with E-state index in [0.29, 0.717) is 11.4 Å². The zero-order valence-electron chi connectivity index (χ0n) is 30.5. The van der Waals surface area contributed by atoms with Gasteiger partial charge in [-0.2, -0.15) is 0 Å². The van der Waals surface area contributed by atoms with E-state index in [9.17, 15) is 29.1 Å². The molecule has 0 radical (unpaired) electrons. The van der Waals surface area contributed by atoms with Gasteiger partial charge in [0.1, 0.15) is 16.7 Å². The van der Waals surface area contributed by atoms with Gasteiger partial charge < -0.3 is 25.4 Å². The fourth-order valence-corrected chi connectivity index (χ4v) is 7.06. The lowest BCUT2D eigenvalue weighted by Gasteiger charge is -2.37. The first-order valence-corrected chi connectivity index (χ1v) is 18.1. The van der Waals surface area contributed by atoms with Gasteiger partial charge in [0.2, 0.25) is 11.8 Å². The Morgan fingerprint density at radius 3 is 2.32 bits per heavy atom. The molecule has 1 aliphatic heterocycles. The summed E-state index contributed by atoms with van der Waals surface area (Å²) in [5, 5.41) is 17.3. The summed E-state index contributed by atoms with van der Waals surface area (Å²) in [6, 6.07) is 7.37. The van der Waals surface area contributed by atoms with Crippen molar-refractivity contribution < 1.29 is 33.8 Å². The molecule has 2 heterocycles. The molecule has 0 aliphatic carbocycles. The van der Waals surface area contributed by atoms with E-state index in [0.717, 1.165) is 42.7 Å². The number of aliphatic carboxylic acids is 1. The average Bonchev–Trinajstić information content (AvgIpc) is 3.55. The van der Waals surface area contributed by atoms with Gasteiger partial charge in [0.25, 0.3) is 5.91 Å². The third-order valence-corrected chi connectivity index (χ3v) is 10.1. The van der Waals surface area contributed by atoms with Gasteiger partial charge in [0, 0.05) is 37.4 Å². The molecular formula is C37H53N5O7S. The summed E-state index contributed by atoms with van der Waals surface area (Å²) in [5.74, 6) is -2.73. The molecule has 1 aromatic heterocycles. The molecule has 13 heteroatoms. The topological polar surface area (TPSA) is 158 Å². The molecule has 50 heavy (non-hydrogen) atoms. The van der Waals surface area contributed by atoms with Gasteiger partial charge in [0.15, 0.2) is 6.10 Å². The molecule has 0 saturated carbocycles. The summed E-state index contributed by atoms with van der Waals surface area (Å²) >= 11 is 1.16. The molecule has 274 valence electrons. The van der Waals surface area contributed by atoms with Crippen LogP contribution < -0.4 is 10.6 Å². The number of nitrogens with one attached hydrogen (secondary N) is 2. The van der Waals surface area contributed by atoms with E-state index < -0.39 is 42.1 Å². The first kappa shape index (κ1) is 40.3. The molecule has 1 aliphatic rings. The number of benzene rings is 1. The van der Waals surface area contributed by atoms with Crippen LogP contribution in [0.5, 0.6) is 0 Å². The van der Waals surface area contributed by atoms with Crippen LogP contribution in [0.3, 0.4) is 0 Å². The van der Waals surface area contributed by atoms with Crippen molar-refractivity contribution in [1.82, 2.24) is 25.4 Å². The number of nitrogens with zero attached hydrogens (tertiary/aromatic N) is 3. The van der Waals surface area contributed by atoms with Crippen molar-refractivity contribution >= 4 is 41.0 Å². The molecule has 2 aromatic rings. The second-order valence-corrected chi connectivity index (χ2v) is 14.7. The standard InChI is InChI=1S/C37H53N5O7S/c1-22(2)30(42(8)36(46)32(23(3)4)40-34(45)29-16-12-13-17-41(29)7)20-31(49-25(6)43)35-39-28(21-50-35)33(44)38-27(18-24(5)37(47)48)19-26-14-10-9-11-15-26/h9-11,14-15,18,21-23,27,29-32H,12-13,16-17,19-20H2,1-8H3,(H,38,44)(H,40,45)(H,47,48)/t27-,29-,30-,31-,32+/m1/s1. The van der Waals surface area contributed by atoms with Gasteiger partial charge >= 0.3 is 11.9 Å². The first-order chi connectivity index (χ1) is 23.6. The fraction of sp³-hybridized carbons (Fsp3) is 0.568. The molecular weight excluding hydrogens is 659 g/mol. The van der Waals surface area contributed by atoms with Crippen molar-refractivity contribution in [3.8, 4) is 0 Å². The highest BCUT2D eigenvalue weighted by Crippen LogP contribution is 2.31. The monoisotopic (exact) mass is 711 g/mol. The number of carbonyl (C=O) groups is 5. The number of carboxylic acids is 1. The zero-order chi connectivity index (χ0) is 37.1. The molecule has 1 aromatic carbocycles. The van der Waals surface area contributed by atoms with Gasteiger partial charge in [-0.3, -0.25) is 24.1 Å². The van der Waals surface area contributed by atoms with Crippen LogP contribution >= 0.6 is 11.3 Å². The number of hydrogen-bond acceptors (Lipinski definition) is 9. The number of carboxylic acid groups (broad SMARTS) is 1. The van der Waals surface area contributed by atoms with Crippen LogP contribution in [-0.2, 0) is 30.3 Å². The number of esters is 1. The Morgan fingerprint density at radius 1 is 1.06 bits per heavy atom. The number of likely N-dealkylation sites (tertiary alicyclic amines) is 1. The van der Waals surface area contributed by atoms with Crippen LogP contribution in [0.2, 0.25) is 0 Å². The Hall–Kier alpha value is -4.10. The Bertz CT molecular complexity index is 1510. The van der Waals surface area contributed by atoms with E-state index in [4.69, 9.17) is 4.74 Å². The quantitative estimate of drug-likeness (QED) is 0.167. The van der Waals surface area contributed by atoms with E-state index in [1.807, 2.05) is 70.0 Å². The van der Waals surface area contributed by atoms with Crippen LogP contribution in [0.15, 0.2) is 47.4 Å². The minimum atomic E-state index is -1.08. The summed E-state index contributed by atoms with van der Waals surface area (Å²) in [7, 11) is 3.63. The minimum absolute atomic E-state index is 0.0549. The lowest BCUT2D eigenvalue weighted by atomic mass is 9.94. The smallest absolute Gasteiger partial charge is 0.331 e. The fourth-order valence-electron chi connectivity index (χ4n) is 6.22. The van der Waals surface area contributed by atoms with E-state index in [1.165, 1.54) is 19.9 Å². The highest BCUT2D eigenvalue weighted by molar-refractivity contribution is 7.09. The van der Waals surface area contributed by atoms with Crippen molar-refractivity contribution in [1.29, 1.82) is 0 Å². The number of aromatic nitrogens is 1. The molecule has 3 N–H and O–H groups in total. The maximum atomic E-state index is 14.0. The number of thiazole rings is 1. The summed E-state index contributed by atoms with van der Waals surface area (Å²) in [6.45, 7) is 11.3. The van der Waals surface area contributed by atoms with Crippen LogP contribution in [0.1, 0.15) is 94.4 Å². The third kappa shape index (κ3) is 11.5. The number of carbonyl (C=O) groups excluding carboxylic acids is 4. The van der Waals surface area contributed by atoms with Crippen LogP contribution in [-0.4, -0.2) is 94.4 Å². The van der Waals surface area contributed by atoms with Gasteiger partial charge in [0.05, 0.1) is 12.1 Å². The Morgan fingerprint density at radius 2 is 1.74 bits per heavy atom. The second-order valence-electron chi connectivity index (χ2n) is 13.8. The van der Waals surface area contributed by atoms with Crippen LogP contribution in [0, 0.1) is 11.8 Å². The van der Waals surface area contributed by atoms with E-state index in [-0.39, 0.29) is 47.4 Å². The predicted molar refractivity (Wildman–Crippen MR) is 192 cm³/mol. The van der Waals surface area contributed by atoms with E-state index in [1.54, 1.807) is 17.3 Å². The average molecular weight is 712 g/mol. The van der Waals surface area contributed by atoms with Gasteiger partial charge in [-0.15, -0.1) is 11.3 Å². The molecule has 12 nitrogen and oxygen atoms in total. The summed E-state index contributed by atoms with van der Waals surface area (Å²) < 4.78 is 5.73. The SMILES string of the molecule is CC(=O)O[C@H](C[C@H](C(C)C)N(C)C(=O)[C@@H](NC(=O)[C@H]1CCCCN1C)C(C)C)c1nc(C(=O)N[C@H](C=C(C)C(=O)O)Cc2ccccc2)cs1. The molecule has 5 atom stereocenters. The van der Waals surface area contributed by atoms with Gasteiger partial charge in [-0.1, -0.05) is 70.5 Å². The van der Waals surface area contributed by atoms with Crippen molar-refractivity contribution in [2.45, 2.75) is 104 Å². The van der Waals surface area contributed by atoms with Crippen molar-refractivity contribution in [3.63, 3.8) is 0 Å². The highest BCUT2D eigenvalue weighted by atomic mass is 32.1. The first-order valence-electron chi connectivity index (χ1n) is 17.2. The summed E-state index contributed by atoms with van der Waals surface area (Å²) in [5.41, 5.74) is 1.11. The lowest BCUT2D eigenvalue weighted by Crippen LogP contribution is -2.57. The number of hydrogen-bond donors (Lipinski definition) is 3. The Balaban J connectivity index is 1.81. The second kappa shape index (κ2) is 18.8. The van der Waals surface area contributed by atoms with Gasteiger partial charge in [-0.05, 0) is 57.2 Å². The van der Waals surface area contributed by atoms with Crippen molar-refractivity contribution in [2.24, 2.45) is 11.8 Å².